The Balaban J connectivity index is -0.00000000932. The van der Waals surface area contributed by atoms with Gasteiger partial charge < -0.3 is 63.6 Å². The summed E-state index contributed by atoms with van der Waals surface area (Å²) in [5.41, 5.74) is 0. The van der Waals surface area contributed by atoms with Gasteiger partial charge in [0.15, 0.2) is 0 Å². The number of halogens is 5. The van der Waals surface area contributed by atoms with E-state index in [9.17, 15) is 0 Å². The average molecular weight is 693 g/mol. The van der Waals surface area contributed by atoms with E-state index < -0.39 is 52.6 Å². The molecule has 0 fully saturated rings. The number of carboxylic acid groups (broad SMARTS) is 1. The van der Waals surface area contributed by atoms with E-state index in [1.165, 1.54) is 0 Å². The number of hydrogen-bond donors (Lipinski definition) is 1. The second-order valence-corrected chi connectivity index (χ2v) is 3.34. The fourth-order valence-electron chi connectivity index (χ4n) is 0. The third-order valence-corrected chi connectivity index (χ3v) is 0. The monoisotopic (exact) mass is 690 g/mol. The van der Waals surface area contributed by atoms with Gasteiger partial charge in [0.25, 0.3) is 27.0 Å². The predicted molar refractivity (Wildman–Crippen MR) is 19.2 cm³/mol. The summed E-state index contributed by atoms with van der Waals surface area (Å²) in [6.07, 6.45) is 0. The van der Waals surface area contributed by atoms with Crippen molar-refractivity contribution in [3.63, 3.8) is 0 Å². The zero-order valence-corrected chi connectivity index (χ0v) is 30.2. The van der Waals surface area contributed by atoms with E-state index in [1.54, 1.807) is 0 Å². The molecule has 124 valence electrons. The third-order valence-electron chi connectivity index (χ3n) is 0. The van der Waals surface area contributed by atoms with E-state index in [1.807, 2.05) is 0 Å². The molecule has 0 saturated carbocycles. The first-order valence-corrected chi connectivity index (χ1v) is 8.29. The van der Waals surface area contributed by atoms with Crippen LogP contribution in [0, 0.1) is 25.6 Å². The third kappa shape index (κ3) is 527. The second-order valence-electron chi connectivity index (χ2n) is 1.09. The molecule has 0 aliphatic carbocycles. The van der Waals surface area contributed by atoms with Crippen LogP contribution in [0.2, 0.25) is 0 Å². The predicted octanol–water partition coefficient (Wildman–Crippen LogP) is -32.1. The van der Waals surface area contributed by atoms with Crippen LogP contribution in [-0.4, -0.2) is 11.1 Å². The molecule has 22 heteroatoms. The van der Waals surface area contributed by atoms with Crippen LogP contribution in [0.25, 0.3) is 0 Å². The Morgan fingerprint density at radius 2 is 0.917 bits per heavy atom. The van der Waals surface area contributed by atoms with Crippen molar-refractivity contribution in [2.75, 3.05) is 0 Å². The van der Waals surface area contributed by atoms with Crippen LogP contribution in [0.3, 0.4) is 0 Å². The summed E-state index contributed by atoms with van der Waals surface area (Å²) < 4.78 is 84.2. The van der Waals surface area contributed by atoms with Crippen molar-refractivity contribution in [1.29, 1.82) is 0 Å². The van der Waals surface area contributed by atoms with Crippen LogP contribution in [0.15, 0.2) is 0 Å². The van der Waals surface area contributed by atoms with Crippen molar-refractivity contribution in [2.24, 2.45) is 0 Å². The minimum atomic E-state index is -4.01. The van der Waals surface area contributed by atoms with E-state index in [-0.39, 0.29) is 165 Å². The van der Waals surface area contributed by atoms with Crippen LogP contribution >= 0.6 is 11.9 Å². The molecule has 0 aromatic rings. The Morgan fingerprint density at radius 3 is 0.917 bits per heavy atom. The smallest absolute Gasteiger partial charge is 1.00 e. The molecule has 0 radical (unpaired) electrons. The number of hydrogen-bond acceptors (Lipinski definition) is 11. The molecule has 0 spiro atoms. The van der Waals surface area contributed by atoms with Crippen molar-refractivity contribution < 1.29 is 263 Å². The van der Waals surface area contributed by atoms with Crippen LogP contribution in [0.5, 0.6) is 0 Å². The van der Waals surface area contributed by atoms with E-state index in [0.29, 0.717) is 0 Å². The SMILES string of the molecule is CC(=O)O.[Br-].[Na+].[Na+].[Na+].[Na+].[Na+].[O-]Cl.[O-][Br+2]([O-])[O-].[O-][Cl+2]([O-])[O-].[O-][I+2]([O-])[O-]. The van der Waals surface area contributed by atoms with Gasteiger partial charge in [0.05, 0.1) is 10.8 Å². The maximum absolute atomic E-state index is 9.00. The summed E-state index contributed by atoms with van der Waals surface area (Å²) in [5, 5.41) is 7.42. The average Bonchev–Trinajstić information content (AvgIpc) is 2.01. The summed E-state index contributed by atoms with van der Waals surface area (Å²) >= 11 is -4.27. The van der Waals surface area contributed by atoms with Crippen LogP contribution < -0.4 is 227 Å². The summed E-state index contributed by atoms with van der Waals surface area (Å²) in [4.78, 5) is 9.00. The topological polar surface area (TPSA) is 268 Å². The molecular weight excluding hydrogens is 689 g/mol. The Labute approximate surface area is 281 Å². The first kappa shape index (κ1) is 69.8. The molecule has 12 nitrogen and oxygen atoms in total. The van der Waals surface area contributed by atoms with Crippen molar-refractivity contribution in [2.45, 2.75) is 6.92 Å². The minimum Gasteiger partial charge on any atom is -1.00 e. The number of rotatable bonds is 0. The van der Waals surface area contributed by atoms with Gasteiger partial charge in [-0.2, -0.15) is 0 Å². The van der Waals surface area contributed by atoms with Gasteiger partial charge >= 0.3 is 148 Å². The number of carboxylic acids is 1. The van der Waals surface area contributed by atoms with Gasteiger partial charge in [-0.05, 0) is 0 Å². The van der Waals surface area contributed by atoms with Gasteiger partial charge in [-0.15, -0.1) is 0 Å². The molecule has 0 amide bonds. The largest absolute Gasteiger partial charge is 1.00 e. The van der Waals surface area contributed by atoms with Gasteiger partial charge in [0, 0.05) is 6.92 Å². The molecule has 1 N–H and O–H groups in total. The van der Waals surface area contributed by atoms with Crippen LogP contribution in [0.1, 0.15) is 6.92 Å². The summed E-state index contributed by atoms with van der Waals surface area (Å²) in [5.74, 6) is -0.833. The van der Waals surface area contributed by atoms with Crippen molar-refractivity contribution >= 4 is 17.8 Å². The maximum atomic E-state index is 9.00. The molecule has 0 aromatic heterocycles. The molecule has 0 unspecified atom stereocenters. The first-order valence-electron chi connectivity index (χ1n) is 2.47. The number of aliphatic carboxylic acids is 1. The zero-order valence-electron chi connectivity index (χ0n) is 13.3. The Morgan fingerprint density at radius 1 is 0.917 bits per heavy atom. The Bertz CT molecular complexity index is 130. The molecule has 0 bridgehead atoms. The Kier molecular flexibility index (Phi) is 204. The molecule has 0 rings (SSSR count). The van der Waals surface area contributed by atoms with Crippen LogP contribution in [0.4, 0.5) is 0 Å². The van der Waals surface area contributed by atoms with Gasteiger partial charge in [-0.3, -0.25) is 4.79 Å². The molecule has 0 aliphatic heterocycles. The molecule has 0 aliphatic rings. The molecule has 24 heavy (non-hydrogen) atoms. The second kappa shape index (κ2) is 70.1. The molecule has 0 aromatic carbocycles. The van der Waals surface area contributed by atoms with E-state index in [0.717, 1.165) is 6.92 Å². The standard InChI is InChI=1S/C2H4O2.BrO3.BrH.ClO3.ClO.IO3.5Na/c1-2(3)4;2-1(3)4;;2-1(3)4;1-2;2-1(3)4;;;;;/h1H3,(H,3,4);;1H;;;;;;;;/q;-1;;3*-1;5*+1/p-1. The van der Waals surface area contributed by atoms with E-state index in [4.69, 9.17) is 51.4 Å². The van der Waals surface area contributed by atoms with E-state index in [2.05, 4.69) is 11.9 Å². The summed E-state index contributed by atoms with van der Waals surface area (Å²) in [6, 6.07) is 0. The van der Waals surface area contributed by atoms with E-state index >= 15 is 0 Å². The molecular formula is C2H4Br2Cl2INa5O12. The van der Waals surface area contributed by atoms with Crippen molar-refractivity contribution in [3.05, 3.63) is 0 Å². The fourth-order valence-corrected chi connectivity index (χ4v) is 0. The summed E-state index contributed by atoms with van der Waals surface area (Å²) in [7, 11) is -2.85. The number of carbonyl (C=O) groups is 1. The molecule has 0 saturated heterocycles. The maximum Gasteiger partial charge on any atom is 1.00 e. The quantitative estimate of drug-likeness (QED) is 0.183. The minimum absolute atomic E-state index is 0. The first-order chi connectivity index (χ1) is 7.93. The van der Waals surface area contributed by atoms with Gasteiger partial charge in [0.1, 0.15) is 0 Å². The van der Waals surface area contributed by atoms with Crippen LogP contribution in [-0.2, 0) is 4.79 Å². The van der Waals surface area contributed by atoms with Gasteiger partial charge in [0.2, 0.25) is 14.8 Å². The Hall–Kier alpha value is 6.34. The van der Waals surface area contributed by atoms with Gasteiger partial charge in [-0.1, -0.05) is 0 Å². The van der Waals surface area contributed by atoms with Gasteiger partial charge in [-0.25, -0.2) is 11.9 Å². The fraction of sp³-hybridized carbons (Fsp3) is 0.500. The van der Waals surface area contributed by atoms with Crippen molar-refractivity contribution in [1.82, 2.24) is 0 Å². The van der Waals surface area contributed by atoms with Crippen molar-refractivity contribution in [3.8, 4) is 0 Å². The summed E-state index contributed by atoms with van der Waals surface area (Å²) in [6.45, 7) is 1.08. The molecule has 0 heterocycles. The zero-order chi connectivity index (χ0) is 16.3. The normalized spacial score (nSPS) is 5.79. The molecule has 0 atom stereocenters.